The monoisotopic (exact) mass is 275 g/mol. The second kappa shape index (κ2) is 3.95. The first-order chi connectivity index (χ1) is 7.46. The number of anilines is 1. The van der Waals surface area contributed by atoms with Crippen LogP contribution in [0, 0.1) is 0 Å². The Morgan fingerprint density at radius 1 is 1.19 bits per heavy atom. The highest BCUT2D eigenvalue weighted by Crippen LogP contribution is 2.48. The summed E-state index contributed by atoms with van der Waals surface area (Å²) in [4.78, 5) is 13.1. The van der Waals surface area contributed by atoms with Gasteiger partial charge in [-0.2, -0.15) is 0 Å². The molecular formula is C11H8Cl3NO. The topological polar surface area (TPSA) is 20.3 Å². The van der Waals surface area contributed by atoms with Crippen LogP contribution in [0.2, 0.25) is 0 Å². The van der Waals surface area contributed by atoms with E-state index in [-0.39, 0.29) is 5.03 Å². The Labute approximate surface area is 108 Å². The summed E-state index contributed by atoms with van der Waals surface area (Å²) in [6.45, 7) is 0. The summed E-state index contributed by atoms with van der Waals surface area (Å²) in [6.07, 6.45) is 0. The lowest BCUT2D eigenvalue weighted by atomic mass is 10.0. The maximum absolute atomic E-state index is 11.3. The van der Waals surface area contributed by atoms with E-state index in [4.69, 9.17) is 34.8 Å². The third-order valence-corrected chi connectivity index (χ3v) is 3.52. The zero-order valence-electron chi connectivity index (χ0n) is 8.38. The first-order valence-electron chi connectivity index (χ1n) is 4.58. The van der Waals surface area contributed by atoms with Gasteiger partial charge in [0.05, 0.1) is 5.70 Å². The summed E-state index contributed by atoms with van der Waals surface area (Å²) in [5.41, 5.74) is 1.29. The number of carbonyl (C=O) groups is 1. The van der Waals surface area contributed by atoms with E-state index in [0.29, 0.717) is 5.70 Å². The minimum Gasteiger partial charge on any atom is -0.344 e. The fraction of sp³-hybridized carbons (Fsp3) is 0.182. The van der Waals surface area contributed by atoms with Gasteiger partial charge in [-0.05, 0) is 12.1 Å². The molecule has 0 saturated heterocycles. The molecule has 84 valence electrons. The average Bonchev–Trinajstić information content (AvgIpc) is 2.29. The van der Waals surface area contributed by atoms with Gasteiger partial charge >= 0.3 is 0 Å². The van der Waals surface area contributed by atoms with Crippen molar-refractivity contribution in [2.75, 3.05) is 11.9 Å². The van der Waals surface area contributed by atoms with E-state index in [2.05, 4.69) is 0 Å². The largest absolute Gasteiger partial charge is 0.344 e. The third kappa shape index (κ3) is 1.61. The van der Waals surface area contributed by atoms with Gasteiger partial charge in [0.2, 0.25) is 10.1 Å². The normalized spacial score (nSPS) is 18.4. The Morgan fingerprint density at radius 3 is 2.25 bits per heavy atom. The number of allylic oxidation sites excluding steroid dienone is 2. The standard InChI is InChI=1S/C11H8Cl3NO/c1-15(7-5-3-2-4-6-7)9-8(12)10(16)11(9,13)14/h2-6H,1H3. The molecule has 1 aromatic rings. The van der Waals surface area contributed by atoms with Crippen molar-refractivity contribution in [3.8, 4) is 0 Å². The number of Topliss-reactive ketones (excluding diaryl/α,β-unsaturated/α-hetero) is 1. The van der Waals surface area contributed by atoms with Gasteiger partial charge in [0.1, 0.15) is 5.03 Å². The van der Waals surface area contributed by atoms with Crippen LogP contribution in [0.25, 0.3) is 0 Å². The number of rotatable bonds is 2. The van der Waals surface area contributed by atoms with Gasteiger partial charge in [0.15, 0.2) is 0 Å². The second-order valence-electron chi connectivity index (χ2n) is 3.46. The van der Waals surface area contributed by atoms with Gasteiger partial charge in [0, 0.05) is 12.7 Å². The number of hydrogen-bond donors (Lipinski definition) is 0. The van der Waals surface area contributed by atoms with E-state index in [1.165, 1.54) is 0 Å². The summed E-state index contributed by atoms with van der Waals surface area (Å²) in [7, 11) is 1.76. The molecule has 5 heteroatoms. The highest BCUT2D eigenvalue weighted by molar-refractivity contribution is 6.70. The van der Waals surface area contributed by atoms with E-state index in [1.807, 2.05) is 30.3 Å². The lowest BCUT2D eigenvalue weighted by Crippen LogP contribution is -2.46. The number of ketones is 1. The number of hydrogen-bond acceptors (Lipinski definition) is 2. The first kappa shape index (κ1) is 11.8. The van der Waals surface area contributed by atoms with Crippen LogP contribution in [0.3, 0.4) is 0 Å². The molecule has 0 unspecified atom stereocenters. The van der Waals surface area contributed by atoms with Crippen LogP contribution < -0.4 is 4.90 Å². The number of carbonyl (C=O) groups excluding carboxylic acids is 1. The molecule has 1 aliphatic carbocycles. The lowest BCUT2D eigenvalue weighted by molar-refractivity contribution is -0.116. The molecule has 0 heterocycles. The van der Waals surface area contributed by atoms with Crippen LogP contribution in [0.4, 0.5) is 5.69 Å². The van der Waals surface area contributed by atoms with E-state index < -0.39 is 10.1 Å². The van der Waals surface area contributed by atoms with Crippen molar-refractivity contribution in [2.45, 2.75) is 4.33 Å². The van der Waals surface area contributed by atoms with Crippen LogP contribution >= 0.6 is 34.8 Å². The molecular weight excluding hydrogens is 268 g/mol. The van der Waals surface area contributed by atoms with Gasteiger partial charge in [-0.3, -0.25) is 4.79 Å². The molecule has 0 bridgehead atoms. The first-order valence-corrected chi connectivity index (χ1v) is 5.71. The highest BCUT2D eigenvalue weighted by atomic mass is 35.5. The van der Waals surface area contributed by atoms with Gasteiger partial charge in [-0.15, -0.1) is 0 Å². The summed E-state index contributed by atoms with van der Waals surface area (Å²) in [5.74, 6) is -0.449. The van der Waals surface area contributed by atoms with Gasteiger partial charge in [-0.1, -0.05) is 53.0 Å². The summed E-state index contributed by atoms with van der Waals surface area (Å²) < 4.78 is -1.53. The lowest BCUT2D eigenvalue weighted by Gasteiger charge is -2.37. The third-order valence-electron chi connectivity index (χ3n) is 2.47. The van der Waals surface area contributed by atoms with Crippen molar-refractivity contribution in [3.05, 3.63) is 41.1 Å². The smallest absolute Gasteiger partial charge is 0.222 e. The molecule has 0 atom stereocenters. The van der Waals surface area contributed by atoms with Gasteiger partial charge in [-0.25, -0.2) is 0 Å². The predicted molar refractivity (Wildman–Crippen MR) is 67.2 cm³/mol. The van der Waals surface area contributed by atoms with E-state index in [0.717, 1.165) is 5.69 Å². The molecule has 0 saturated carbocycles. The number of halogens is 3. The quantitative estimate of drug-likeness (QED) is 0.772. The Kier molecular flexibility index (Phi) is 2.91. The molecule has 0 radical (unpaired) electrons. The van der Waals surface area contributed by atoms with Gasteiger partial charge in [0.25, 0.3) is 0 Å². The molecule has 0 aromatic heterocycles. The van der Waals surface area contributed by atoms with Crippen molar-refractivity contribution >= 4 is 46.3 Å². The van der Waals surface area contributed by atoms with Crippen LogP contribution in [0.15, 0.2) is 41.1 Å². The van der Waals surface area contributed by atoms with E-state index in [9.17, 15) is 4.79 Å². The van der Waals surface area contributed by atoms with Gasteiger partial charge < -0.3 is 4.90 Å². The van der Waals surface area contributed by atoms with Crippen molar-refractivity contribution in [1.82, 2.24) is 0 Å². The molecule has 0 spiro atoms. The van der Waals surface area contributed by atoms with Crippen LogP contribution in [0.5, 0.6) is 0 Å². The van der Waals surface area contributed by atoms with Crippen LogP contribution in [-0.4, -0.2) is 17.2 Å². The fourth-order valence-corrected chi connectivity index (χ4v) is 2.80. The molecule has 0 aliphatic heterocycles. The van der Waals surface area contributed by atoms with Crippen LogP contribution in [-0.2, 0) is 4.79 Å². The van der Waals surface area contributed by atoms with Crippen molar-refractivity contribution in [3.63, 3.8) is 0 Å². The van der Waals surface area contributed by atoms with E-state index in [1.54, 1.807) is 11.9 Å². The molecule has 0 amide bonds. The molecule has 2 rings (SSSR count). The maximum atomic E-state index is 11.3. The van der Waals surface area contributed by atoms with E-state index >= 15 is 0 Å². The zero-order valence-corrected chi connectivity index (χ0v) is 10.6. The predicted octanol–water partition coefficient (Wildman–Crippen LogP) is 3.33. The summed E-state index contributed by atoms with van der Waals surface area (Å²) in [6, 6.07) is 9.41. The Morgan fingerprint density at radius 2 is 1.75 bits per heavy atom. The Bertz CT molecular complexity index is 467. The minimum absolute atomic E-state index is 0.0938. The number of alkyl halides is 2. The minimum atomic E-state index is -1.53. The summed E-state index contributed by atoms with van der Waals surface area (Å²) in [5, 5.41) is 0.0938. The molecule has 16 heavy (non-hydrogen) atoms. The molecule has 0 N–H and O–H groups in total. The molecule has 2 nitrogen and oxygen atoms in total. The number of nitrogens with zero attached hydrogens (tertiary/aromatic N) is 1. The number of benzene rings is 1. The van der Waals surface area contributed by atoms with Crippen molar-refractivity contribution < 1.29 is 4.79 Å². The zero-order chi connectivity index (χ0) is 11.9. The highest BCUT2D eigenvalue weighted by Gasteiger charge is 2.53. The Balaban J connectivity index is 2.39. The SMILES string of the molecule is CN(C1=C(Cl)C(=O)C1(Cl)Cl)c1ccccc1. The number of para-hydroxylation sites is 1. The second-order valence-corrected chi connectivity index (χ2v) is 5.17. The van der Waals surface area contributed by atoms with Crippen molar-refractivity contribution in [1.29, 1.82) is 0 Å². The molecule has 0 fully saturated rings. The molecule has 1 aromatic carbocycles. The molecule has 1 aliphatic rings. The Hall–Kier alpha value is -0.700. The van der Waals surface area contributed by atoms with Crippen LogP contribution in [0.1, 0.15) is 0 Å². The maximum Gasteiger partial charge on any atom is 0.222 e. The fourth-order valence-electron chi connectivity index (χ4n) is 1.57. The average molecular weight is 277 g/mol. The summed E-state index contributed by atoms with van der Waals surface area (Å²) >= 11 is 17.6. The van der Waals surface area contributed by atoms with Crippen molar-refractivity contribution in [2.24, 2.45) is 0 Å².